The average molecular weight is 325 g/mol. The topological polar surface area (TPSA) is 58.8 Å². The van der Waals surface area contributed by atoms with Crippen LogP contribution in [0.3, 0.4) is 0 Å². The lowest BCUT2D eigenvalue weighted by molar-refractivity contribution is -0.135. The van der Waals surface area contributed by atoms with Gasteiger partial charge in [0.05, 0.1) is 25.2 Å². The molecule has 0 aromatic carbocycles. The van der Waals surface area contributed by atoms with Gasteiger partial charge in [0.1, 0.15) is 0 Å². The van der Waals surface area contributed by atoms with E-state index in [4.69, 9.17) is 10.5 Å². The molecule has 1 aromatic rings. The number of rotatable bonds is 6. The van der Waals surface area contributed by atoms with Crippen molar-refractivity contribution in [3.8, 4) is 0 Å². The van der Waals surface area contributed by atoms with Gasteiger partial charge in [-0.15, -0.1) is 11.3 Å². The number of thiophene rings is 1. The second kappa shape index (κ2) is 8.06. The number of carbonyl (C=O) groups is 1. The molecule has 2 rings (SSSR count). The van der Waals surface area contributed by atoms with Crippen molar-refractivity contribution in [1.29, 1.82) is 0 Å². The first kappa shape index (κ1) is 17.4. The molecule has 0 spiro atoms. The Morgan fingerprint density at radius 3 is 2.68 bits per heavy atom. The van der Waals surface area contributed by atoms with E-state index < -0.39 is 0 Å². The summed E-state index contributed by atoms with van der Waals surface area (Å²) in [5.41, 5.74) is 5.87. The minimum atomic E-state index is -0.154. The maximum Gasteiger partial charge on any atom is 0.226 e. The van der Waals surface area contributed by atoms with Crippen LogP contribution in [-0.2, 0) is 9.53 Å². The molecule has 0 bridgehead atoms. The minimum absolute atomic E-state index is 0.116. The molecule has 5 nitrogen and oxygen atoms in total. The predicted octanol–water partition coefficient (Wildman–Crippen LogP) is 1.56. The number of likely N-dealkylation sites (N-methyl/N-ethyl adjacent to an activating group) is 1. The van der Waals surface area contributed by atoms with Crippen molar-refractivity contribution in [2.45, 2.75) is 25.9 Å². The Balaban J connectivity index is 2.07. The van der Waals surface area contributed by atoms with Gasteiger partial charge in [0, 0.05) is 37.6 Å². The largest absolute Gasteiger partial charge is 0.379 e. The Labute approximate surface area is 137 Å². The lowest BCUT2D eigenvalue weighted by Crippen LogP contribution is -2.46. The molecule has 0 radical (unpaired) electrons. The van der Waals surface area contributed by atoms with Crippen molar-refractivity contribution in [2.75, 3.05) is 39.9 Å². The van der Waals surface area contributed by atoms with Crippen molar-refractivity contribution in [3.63, 3.8) is 0 Å². The minimum Gasteiger partial charge on any atom is -0.379 e. The fraction of sp³-hybridized carbons (Fsp3) is 0.688. The van der Waals surface area contributed by atoms with Crippen LogP contribution in [0.4, 0.5) is 0 Å². The summed E-state index contributed by atoms with van der Waals surface area (Å²) in [6, 6.07) is 4.33. The second-order valence-electron chi connectivity index (χ2n) is 6.05. The maximum atomic E-state index is 12.5. The van der Waals surface area contributed by atoms with Crippen LogP contribution in [0, 0.1) is 5.92 Å². The van der Waals surface area contributed by atoms with E-state index in [9.17, 15) is 4.79 Å². The van der Waals surface area contributed by atoms with Gasteiger partial charge < -0.3 is 15.4 Å². The summed E-state index contributed by atoms with van der Waals surface area (Å²) in [4.78, 5) is 18.0. The van der Waals surface area contributed by atoms with Gasteiger partial charge in [-0.05, 0) is 18.4 Å². The fourth-order valence-corrected chi connectivity index (χ4v) is 3.53. The Morgan fingerprint density at radius 2 is 2.14 bits per heavy atom. The van der Waals surface area contributed by atoms with Gasteiger partial charge in [-0.3, -0.25) is 9.69 Å². The van der Waals surface area contributed by atoms with Crippen molar-refractivity contribution < 1.29 is 9.53 Å². The molecule has 1 aliphatic rings. The molecule has 1 amide bonds. The van der Waals surface area contributed by atoms with Crippen molar-refractivity contribution in [3.05, 3.63) is 22.4 Å². The van der Waals surface area contributed by atoms with Crippen molar-refractivity contribution in [2.24, 2.45) is 11.7 Å². The maximum absolute atomic E-state index is 12.5. The molecule has 1 aliphatic heterocycles. The highest BCUT2D eigenvalue weighted by atomic mass is 32.1. The highest BCUT2D eigenvalue weighted by Crippen LogP contribution is 2.27. The van der Waals surface area contributed by atoms with E-state index in [0.717, 1.165) is 26.3 Å². The molecule has 2 N–H and O–H groups in total. The monoisotopic (exact) mass is 325 g/mol. The van der Waals surface area contributed by atoms with Gasteiger partial charge in [-0.25, -0.2) is 0 Å². The molecule has 0 aliphatic carbocycles. The summed E-state index contributed by atoms with van der Waals surface area (Å²) in [7, 11) is 1.88. The summed E-state index contributed by atoms with van der Waals surface area (Å²) in [5, 5.41) is 2.09. The second-order valence-corrected chi connectivity index (χ2v) is 7.03. The first-order valence-corrected chi connectivity index (χ1v) is 8.74. The van der Waals surface area contributed by atoms with E-state index in [1.807, 2.05) is 25.8 Å². The lowest BCUT2D eigenvalue weighted by atomic mass is 10.0. The zero-order valence-corrected chi connectivity index (χ0v) is 14.5. The van der Waals surface area contributed by atoms with E-state index in [1.54, 1.807) is 11.3 Å². The highest BCUT2D eigenvalue weighted by molar-refractivity contribution is 7.10. The van der Waals surface area contributed by atoms with Gasteiger partial charge in [-0.2, -0.15) is 0 Å². The molecule has 0 saturated carbocycles. The fourth-order valence-electron chi connectivity index (χ4n) is 2.68. The number of hydrogen-bond acceptors (Lipinski definition) is 5. The van der Waals surface area contributed by atoms with Crippen LogP contribution in [0.1, 0.15) is 24.8 Å². The zero-order valence-electron chi connectivity index (χ0n) is 13.7. The van der Waals surface area contributed by atoms with Gasteiger partial charge in [-0.1, -0.05) is 13.0 Å². The quantitative estimate of drug-likeness (QED) is 0.862. The zero-order chi connectivity index (χ0) is 16.1. The molecule has 22 heavy (non-hydrogen) atoms. The molecule has 3 unspecified atom stereocenters. The molecule has 1 saturated heterocycles. The summed E-state index contributed by atoms with van der Waals surface area (Å²) >= 11 is 1.75. The van der Waals surface area contributed by atoms with Gasteiger partial charge in [0.2, 0.25) is 5.91 Å². The third-order valence-electron chi connectivity index (χ3n) is 4.36. The summed E-state index contributed by atoms with van der Waals surface area (Å²) < 4.78 is 5.45. The molecule has 6 heteroatoms. The third-order valence-corrected chi connectivity index (χ3v) is 5.33. The van der Waals surface area contributed by atoms with Crippen LogP contribution in [0.25, 0.3) is 0 Å². The standard InChI is InChI=1S/C16H27N3O2S/c1-12(13(2)17)16(20)18(3)11-14(15-5-4-10-22-15)19-6-8-21-9-7-19/h4-5,10,12-14H,6-9,11,17H2,1-3H3. The average Bonchev–Trinajstić information content (AvgIpc) is 3.05. The van der Waals surface area contributed by atoms with Gasteiger partial charge in [0.15, 0.2) is 0 Å². The van der Waals surface area contributed by atoms with Crippen LogP contribution >= 0.6 is 11.3 Å². The molecule has 3 atom stereocenters. The van der Waals surface area contributed by atoms with Gasteiger partial charge in [0.25, 0.3) is 0 Å². The molecule has 1 fully saturated rings. The summed E-state index contributed by atoms with van der Waals surface area (Å²) in [6.07, 6.45) is 0. The van der Waals surface area contributed by atoms with E-state index >= 15 is 0 Å². The van der Waals surface area contributed by atoms with Crippen LogP contribution in [-0.4, -0.2) is 61.6 Å². The molecular formula is C16H27N3O2S. The normalized spacial score (nSPS) is 20.4. The molecule has 1 aromatic heterocycles. The van der Waals surface area contributed by atoms with E-state index in [-0.39, 0.29) is 23.9 Å². The number of carbonyl (C=O) groups excluding carboxylic acids is 1. The lowest BCUT2D eigenvalue weighted by Gasteiger charge is -2.36. The first-order chi connectivity index (χ1) is 10.5. The predicted molar refractivity (Wildman–Crippen MR) is 89.9 cm³/mol. The van der Waals surface area contributed by atoms with E-state index in [2.05, 4.69) is 22.4 Å². The molecular weight excluding hydrogens is 298 g/mol. The van der Waals surface area contributed by atoms with Crippen LogP contribution in [0.15, 0.2) is 17.5 Å². The third kappa shape index (κ3) is 4.29. The van der Waals surface area contributed by atoms with Crippen molar-refractivity contribution >= 4 is 17.2 Å². The smallest absolute Gasteiger partial charge is 0.226 e. The Kier molecular flexibility index (Phi) is 6.37. The SMILES string of the molecule is CC(N)C(C)C(=O)N(C)CC(c1cccs1)N1CCOCC1. The number of nitrogens with two attached hydrogens (primary N) is 1. The van der Waals surface area contributed by atoms with Crippen LogP contribution < -0.4 is 5.73 Å². The van der Waals surface area contributed by atoms with Crippen LogP contribution in [0.5, 0.6) is 0 Å². The molecule has 124 valence electrons. The first-order valence-electron chi connectivity index (χ1n) is 7.86. The van der Waals surface area contributed by atoms with Gasteiger partial charge >= 0.3 is 0 Å². The Bertz CT molecular complexity index is 458. The highest BCUT2D eigenvalue weighted by Gasteiger charge is 2.28. The number of morpholine rings is 1. The number of hydrogen-bond donors (Lipinski definition) is 1. The Hall–Kier alpha value is -0.950. The summed E-state index contributed by atoms with van der Waals surface area (Å²) in [6.45, 7) is 7.82. The number of nitrogens with zero attached hydrogens (tertiary/aromatic N) is 2. The van der Waals surface area contributed by atoms with Crippen LogP contribution in [0.2, 0.25) is 0 Å². The Morgan fingerprint density at radius 1 is 1.45 bits per heavy atom. The number of amides is 1. The van der Waals surface area contributed by atoms with Crippen molar-refractivity contribution in [1.82, 2.24) is 9.80 Å². The number of ether oxygens (including phenoxy) is 1. The van der Waals surface area contributed by atoms with E-state index in [0.29, 0.717) is 6.54 Å². The molecule has 2 heterocycles. The summed E-state index contributed by atoms with van der Waals surface area (Å²) in [5.74, 6) is -0.0384. The van der Waals surface area contributed by atoms with E-state index in [1.165, 1.54) is 4.88 Å².